The minimum absolute atomic E-state index is 0.0398. The zero-order valence-electron chi connectivity index (χ0n) is 14.9. The van der Waals surface area contributed by atoms with Crippen molar-refractivity contribution in [3.8, 4) is 5.75 Å². The lowest BCUT2D eigenvalue weighted by molar-refractivity contribution is 0.0998. The van der Waals surface area contributed by atoms with Crippen molar-refractivity contribution in [2.45, 2.75) is 13.3 Å². The zero-order valence-corrected chi connectivity index (χ0v) is 15.7. The summed E-state index contributed by atoms with van der Waals surface area (Å²) in [5.41, 5.74) is 2.08. The van der Waals surface area contributed by atoms with E-state index in [1.54, 1.807) is 17.8 Å². The second-order valence-corrected chi connectivity index (χ2v) is 7.12. The van der Waals surface area contributed by atoms with Crippen LogP contribution in [0.5, 0.6) is 5.75 Å². The molecule has 136 valence electrons. The van der Waals surface area contributed by atoms with Gasteiger partial charge in [0.05, 0.1) is 19.2 Å². The highest BCUT2D eigenvalue weighted by molar-refractivity contribution is 8.14. The number of methoxy groups -OCH3 is 1. The SMILES string of the molecule is COc1ccc(C(=O)CN(C2=NCCCS2)c2ccc(C)cc2)c(F)c1. The van der Waals surface area contributed by atoms with Crippen LogP contribution in [0.25, 0.3) is 0 Å². The second-order valence-electron chi connectivity index (χ2n) is 6.06. The van der Waals surface area contributed by atoms with Crippen LogP contribution in [0.3, 0.4) is 0 Å². The summed E-state index contributed by atoms with van der Waals surface area (Å²) in [7, 11) is 1.47. The maximum atomic E-state index is 14.3. The van der Waals surface area contributed by atoms with Gasteiger partial charge in [-0.25, -0.2) is 4.39 Å². The molecule has 0 fully saturated rings. The summed E-state index contributed by atoms with van der Waals surface area (Å²) in [6.45, 7) is 2.80. The molecule has 0 aromatic heterocycles. The third kappa shape index (κ3) is 4.25. The van der Waals surface area contributed by atoms with Crippen LogP contribution in [-0.4, -0.2) is 36.9 Å². The van der Waals surface area contributed by atoms with Gasteiger partial charge in [0, 0.05) is 24.1 Å². The molecule has 0 aliphatic carbocycles. The molecule has 26 heavy (non-hydrogen) atoms. The lowest BCUT2D eigenvalue weighted by Crippen LogP contribution is -2.35. The summed E-state index contributed by atoms with van der Waals surface area (Å²) in [5, 5.41) is 0.808. The van der Waals surface area contributed by atoms with Crippen LogP contribution in [0.4, 0.5) is 10.1 Å². The molecule has 0 bridgehead atoms. The Labute approximate surface area is 157 Å². The number of halogens is 1. The zero-order chi connectivity index (χ0) is 18.5. The number of anilines is 1. The van der Waals surface area contributed by atoms with Gasteiger partial charge in [0.25, 0.3) is 0 Å². The number of aryl methyl sites for hydroxylation is 1. The number of amidine groups is 1. The summed E-state index contributed by atoms with van der Waals surface area (Å²) in [6.07, 6.45) is 1.02. The molecule has 2 aromatic carbocycles. The molecule has 1 heterocycles. The van der Waals surface area contributed by atoms with Crippen LogP contribution in [0.2, 0.25) is 0 Å². The minimum Gasteiger partial charge on any atom is -0.497 e. The standard InChI is InChI=1S/C20H21FN2O2S/c1-14-4-6-15(7-5-14)23(20-22-10-3-11-26-20)13-19(24)17-9-8-16(25-2)12-18(17)21/h4-9,12H,3,10-11,13H2,1-2H3. The summed E-state index contributed by atoms with van der Waals surface area (Å²) < 4.78 is 19.3. The molecule has 3 rings (SSSR count). The van der Waals surface area contributed by atoms with Gasteiger partial charge in [-0.05, 0) is 37.6 Å². The number of rotatable bonds is 5. The third-order valence-electron chi connectivity index (χ3n) is 4.14. The van der Waals surface area contributed by atoms with E-state index in [1.165, 1.54) is 19.2 Å². The van der Waals surface area contributed by atoms with Crippen LogP contribution in [0.1, 0.15) is 22.3 Å². The first-order valence-corrected chi connectivity index (χ1v) is 9.45. The fourth-order valence-electron chi connectivity index (χ4n) is 2.68. The molecule has 2 aromatic rings. The molecule has 0 N–H and O–H groups in total. The molecule has 0 saturated carbocycles. The van der Waals surface area contributed by atoms with E-state index in [4.69, 9.17) is 4.74 Å². The Morgan fingerprint density at radius 2 is 2.04 bits per heavy atom. The van der Waals surface area contributed by atoms with Gasteiger partial charge in [0.15, 0.2) is 11.0 Å². The first-order chi connectivity index (χ1) is 12.6. The normalized spacial score (nSPS) is 13.9. The van der Waals surface area contributed by atoms with Crippen molar-refractivity contribution < 1.29 is 13.9 Å². The minimum atomic E-state index is -0.573. The number of aliphatic imine (C=N–C) groups is 1. The van der Waals surface area contributed by atoms with E-state index >= 15 is 0 Å². The third-order valence-corrected chi connectivity index (χ3v) is 5.24. The second kappa shape index (κ2) is 8.36. The highest BCUT2D eigenvalue weighted by Gasteiger charge is 2.22. The number of thioether (sulfide) groups is 1. The highest BCUT2D eigenvalue weighted by Crippen LogP contribution is 2.24. The summed E-state index contributed by atoms with van der Waals surface area (Å²) in [4.78, 5) is 19.2. The Morgan fingerprint density at radius 1 is 1.27 bits per heavy atom. The fraction of sp³-hybridized carbons (Fsp3) is 0.300. The van der Waals surface area contributed by atoms with E-state index < -0.39 is 5.82 Å². The van der Waals surface area contributed by atoms with Crippen LogP contribution in [0.15, 0.2) is 47.5 Å². The molecule has 0 spiro atoms. The number of Topliss-reactive ketones (excluding diaryl/α,β-unsaturated/α-hetero) is 1. The number of benzene rings is 2. The van der Waals surface area contributed by atoms with Gasteiger partial charge in [-0.15, -0.1) is 0 Å². The molecule has 0 saturated heterocycles. The summed E-state index contributed by atoms with van der Waals surface area (Å²) in [5.74, 6) is 0.490. The van der Waals surface area contributed by atoms with Crippen LogP contribution < -0.4 is 9.64 Å². The molecule has 0 radical (unpaired) electrons. The van der Waals surface area contributed by atoms with Gasteiger partial charge in [-0.3, -0.25) is 9.79 Å². The first kappa shape index (κ1) is 18.5. The molecule has 1 aliphatic rings. The van der Waals surface area contributed by atoms with Crippen LogP contribution >= 0.6 is 11.8 Å². The van der Waals surface area contributed by atoms with Gasteiger partial charge in [0.1, 0.15) is 11.6 Å². The van der Waals surface area contributed by atoms with E-state index in [0.29, 0.717) is 5.75 Å². The number of hydrogen-bond donors (Lipinski definition) is 0. The Morgan fingerprint density at radius 3 is 2.65 bits per heavy atom. The van der Waals surface area contributed by atoms with Crippen molar-refractivity contribution in [1.82, 2.24) is 0 Å². The largest absolute Gasteiger partial charge is 0.497 e. The number of ether oxygens (including phenoxy) is 1. The van der Waals surface area contributed by atoms with Crippen LogP contribution in [0, 0.1) is 12.7 Å². The van der Waals surface area contributed by atoms with Crippen molar-refractivity contribution in [1.29, 1.82) is 0 Å². The van der Waals surface area contributed by atoms with Gasteiger partial charge < -0.3 is 9.64 Å². The number of nitrogens with zero attached hydrogens (tertiary/aromatic N) is 2. The molecule has 0 unspecified atom stereocenters. The molecule has 0 amide bonds. The van der Waals surface area contributed by atoms with Gasteiger partial charge >= 0.3 is 0 Å². The van der Waals surface area contributed by atoms with Crippen molar-refractivity contribution in [3.05, 3.63) is 59.4 Å². The maximum Gasteiger partial charge on any atom is 0.185 e. The smallest absolute Gasteiger partial charge is 0.185 e. The predicted octanol–water partition coefficient (Wildman–Crippen LogP) is 4.32. The van der Waals surface area contributed by atoms with E-state index in [2.05, 4.69) is 4.99 Å². The van der Waals surface area contributed by atoms with Crippen molar-refractivity contribution in [3.63, 3.8) is 0 Å². The molecule has 0 atom stereocenters. The first-order valence-electron chi connectivity index (χ1n) is 8.46. The van der Waals surface area contributed by atoms with Crippen molar-refractivity contribution >= 4 is 28.4 Å². The van der Waals surface area contributed by atoms with Gasteiger partial charge in [-0.1, -0.05) is 29.5 Å². The van der Waals surface area contributed by atoms with E-state index in [0.717, 1.165) is 35.1 Å². The van der Waals surface area contributed by atoms with E-state index in [9.17, 15) is 9.18 Å². The van der Waals surface area contributed by atoms with Crippen molar-refractivity contribution in [2.24, 2.45) is 4.99 Å². The Bertz CT molecular complexity index is 821. The monoisotopic (exact) mass is 372 g/mol. The quantitative estimate of drug-likeness (QED) is 0.733. The average Bonchev–Trinajstić information content (AvgIpc) is 2.67. The lowest BCUT2D eigenvalue weighted by atomic mass is 10.1. The fourth-order valence-corrected chi connectivity index (χ4v) is 3.65. The number of carbonyl (C=O) groups is 1. The highest BCUT2D eigenvalue weighted by atomic mass is 32.2. The topological polar surface area (TPSA) is 41.9 Å². The predicted molar refractivity (Wildman–Crippen MR) is 105 cm³/mol. The van der Waals surface area contributed by atoms with Crippen LogP contribution in [-0.2, 0) is 0 Å². The van der Waals surface area contributed by atoms with Gasteiger partial charge in [-0.2, -0.15) is 0 Å². The molecule has 4 nitrogen and oxygen atoms in total. The Balaban J connectivity index is 1.88. The summed E-state index contributed by atoms with van der Waals surface area (Å²) >= 11 is 1.63. The molecular formula is C20H21FN2O2S. The lowest BCUT2D eigenvalue weighted by Gasteiger charge is -2.27. The summed E-state index contributed by atoms with van der Waals surface area (Å²) in [6, 6.07) is 12.2. The molecular weight excluding hydrogens is 351 g/mol. The van der Waals surface area contributed by atoms with E-state index in [-0.39, 0.29) is 17.9 Å². The number of carbonyl (C=O) groups excluding carboxylic acids is 1. The Hall–Kier alpha value is -2.34. The van der Waals surface area contributed by atoms with Gasteiger partial charge in [0.2, 0.25) is 0 Å². The van der Waals surface area contributed by atoms with E-state index in [1.807, 2.05) is 36.1 Å². The van der Waals surface area contributed by atoms with Crippen molar-refractivity contribution in [2.75, 3.05) is 30.9 Å². The molecule has 1 aliphatic heterocycles. The average molecular weight is 372 g/mol. The Kier molecular flexibility index (Phi) is 5.93. The number of ketones is 1. The molecule has 6 heteroatoms. The maximum absolute atomic E-state index is 14.3. The number of hydrogen-bond acceptors (Lipinski definition) is 5.